The van der Waals surface area contributed by atoms with E-state index in [1.165, 1.54) is 10.7 Å². The second kappa shape index (κ2) is 7.77. The molecule has 9 heteroatoms. The molecule has 0 saturated carbocycles. The molecular weight excluding hydrogens is 415 g/mol. The minimum atomic E-state index is -0.747. The number of carbonyl (C=O) groups is 2. The highest BCUT2D eigenvalue weighted by molar-refractivity contribution is 6.36. The number of methoxy groups -OCH3 is 1. The van der Waals surface area contributed by atoms with Crippen molar-refractivity contribution in [3.05, 3.63) is 58.7 Å². The molecule has 2 aromatic carbocycles. The Morgan fingerprint density at radius 1 is 1.24 bits per heavy atom. The van der Waals surface area contributed by atoms with Crippen molar-refractivity contribution in [3.63, 3.8) is 0 Å². The molecule has 4 rings (SSSR count). The molecule has 1 aromatic heterocycles. The number of carbonyl (C=O) groups excluding carboxylic acids is 2. The fraction of sp³-hybridized carbons (Fsp3) is 0.150. The van der Waals surface area contributed by atoms with Gasteiger partial charge in [-0.1, -0.05) is 35.3 Å². The molecule has 0 bridgehead atoms. The van der Waals surface area contributed by atoms with E-state index in [2.05, 4.69) is 15.7 Å². The van der Waals surface area contributed by atoms with E-state index in [0.717, 1.165) is 16.9 Å². The second-order valence-corrected chi connectivity index (χ2v) is 7.31. The van der Waals surface area contributed by atoms with Gasteiger partial charge in [0.1, 0.15) is 17.6 Å². The monoisotopic (exact) mass is 430 g/mol. The van der Waals surface area contributed by atoms with E-state index in [9.17, 15) is 9.59 Å². The fourth-order valence-corrected chi connectivity index (χ4v) is 3.62. The van der Waals surface area contributed by atoms with E-state index in [1.54, 1.807) is 25.4 Å². The number of ether oxygens (including phenoxy) is 1. The molecule has 7 nitrogen and oxygen atoms in total. The molecule has 29 heavy (non-hydrogen) atoms. The molecule has 0 saturated heterocycles. The van der Waals surface area contributed by atoms with E-state index in [1.807, 2.05) is 24.3 Å². The number of halogens is 2. The Kier molecular flexibility index (Phi) is 5.17. The lowest BCUT2D eigenvalue weighted by atomic mass is 10.1. The summed E-state index contributed by atoms with van der Waals surface area (Å²) in [6.45, 7) is 0. The molecule has 2 amide bonds. The third kappa shape index (κ3) is 3.79. The van der Waals surface area contributed by atoms with Crippen molar-refractivity contribution < 1.29 is 14.3 Å². The number of anilines is 2. The Morgan fingerprint density at radius 2 is 2.00 bits per heavy atom. The van der Waals surface area contributed by atoms with Crippen molar-refractivity contribution in [1.82, 2.24) is 9.78 Å². The van der Waals surface area contributed by atoms with Crippen LogP contribution in [0.3, 0.4) is 0 Å². The van der Waals surface area contributed by atoms with Crippen molar-refractivity contribution in [1.29, 1.82) is 0 Å². The predicted octanol–water partition coefficient (Wildman–Crippen LogP) is 4.39. The number of hydrogen-bond acceptors (Lipinski definition) is 4. The first kappa shape index (κ1) is 19.3. The maximum Gasteiger partial charge on any atom is 0.251 e. The first-order chi connectivity index (χ1) is 14.0. The summed E-state index contributed by atoms with van der Waals surface area (Å²) in [7, 11) is 1.60. The summed E-state index contributed by atoms with van der Waals surface area (Å²) in [6, 6.07) is 11.4. The quantitative estimate of drug-likeness (QED) is 0.628. The molecule has 1 atom stereocenters. The summed E-state index contributed by atoms with van der Waals surface area (Å²) in [5.74, 6) is 0.642. The van der Waals surface area contributed by atoms with Crippen LogP contribution in [0.25, 0.3) is 11.1 Å². The van der Waals surface area contributed by atoms with Crippen molar-refractivity contribution in [2.24, 2.45) is 0 Å². The van der Waals surface area contributed by atoms with Crippen LogP contribution in [0.1, 0.15) is 12.5 Å². The molecule has 0 fully saturated rings. The SMILES string of the molecule is COc1ccc(-c2cnn3c2NC(=O)C3CC(=O)Nc2ccc(Cl)cc2Cl)cc1. The molecule has 2 N–H and O–H groups in total. The Morgan fingerprint density at radius 3 is 2.69 bits per heavy atom. The van der Waals surface area contributed by atoms with Crippen LogP contribution in [-0.2, 0) is 9.59 Å². The number of benzene rings is 2. The Balaban J connectivity index is 1.53. The van der Waals surface area contributed by atoms with E-state index in [-0.39, 0.29) is 18.2 Å². The number of rotatable bonds is 5. The van der Waals surface area contributed by atoms with Crippen molar-refractivity contribution in [2.45, 2.75) is 12.5 Å². The first-order valence-electron chi connectivity index (χ1n) is 8.74. The van der Waals surface area contributed by atoms with Gasteiger partial charge in [0.25, 0.3) is 5.91 Å². The van der Waals surface area contributed by atoms with Gasteiger partial charge in [0.2, 0.25) is 5.91 Å². The molecule has 0 radical (unpaired) electrons. The number of fused-ring (bicyclic) bond motifs is 1. The molecule has 0 aliphatic carbocycles. The summed E-state index contributed by atoms with van der Waals surface area (Å²) in [4.78, 5) is 24.9. The zero-order valence-electron chi connectivity index (χ0n) is 15.3. The average molecular weight is 431 g/mol. The highest BCUT2D eigenvalue weighted by Crippen LogP contribution is 2.36. The summed E-state index contributed by atoms with van der Waals surface area (Å²) < 4.78 is 6.70. The summed E-state index contributed by atoms with van der Waals surface area (Å²) in [5.41, 5.74) is 2.08. The highest BCUT2D eigenvalue weighted by Gasteiger charge is 2.35. The topological polar surface area (TPSA) is 85.2 Å². The smallest absolute Gasteiger partial charge is 0.251 e. The van der Waals surface area contributed by atoms with Gasteiger partial charge in [-0.15, -0.1) is 0 Å². The number of aromatic nitrogens is 2. The zero-order valence-corrected chi connectivity index (χ0v) is 16.8. The molecule has 3 aromatic rings. The second-order valence-electron chi connectivity index (χ2n) is 6.46. The molecule has 0 spiro atoms. The Labute approximate surface area is 176 Å². The van der Waals surface area contributed by atoms with Gasteiger partial charge in [-0.25, -0.2) is 4.68 Å². The fourth-order valence-electron chi connectivity index (χ4n) is 3.16. The van der Waals surface area contributed by atoms with Gasteiger partial charge in [-0.3, -0.25) is 9.59 Å². The number of nitrogens with zero attached hydrogens (tertiary/aromatic N) is 2. The van der Waals surface area contributed by atoms with Gasteiger partial charge in [0, 0.05) is 10.6 Å². The van der Waals surface area contributed by atoms with E-state index in [4.69, 9.17) is 27.9 Å². The molecule has 2 heterocycles. The average Bonchev–Trinajstić information content (AvgIpc) is 3.24. The standard InChI is InChI=1S/C20H16Cl2N4O3/c1-29-13-5-2-11(3-6-13)14-10-23-26-17(20(28)25-19(14)26)9-18(27)24-16-7-4-12(21)8-15(16)22/h2-8,10,17H,9H2,1H3,(H,24,27)(H,25,28). The minimum absolute atomic E-state index is 0.0818. The van der Waals surface area contributed by atoms with Crippen molar-refractivity contribution >= 4 is 46.5 Å². The van der Waals surface area contributed by atoms with E-state index < -0.39 is 6.04 Å². The molecular formula is C20H16Cl2N4O3. The molecule has 1 aliphatic rings. The lowest BCUT2D eigenvalue weighted by Gasteiger charge is -2.11. The highest BCUT2D eigenvalue weighted by atomic mass is 35.5. The minimum Gasteiger partial charge on any atom is -0.497 e. The Hall–Kier alpha value is -3.03. The molecule has 148 valence electrons. The lowest BCUT2D eigenvalue weighted by Crippen LogP contribution is -2.23. The van der Waals surface area contributed by atoms with Crippen LogP contribution < -0.4 is 15.4 Å². The summed E-state index contributed by atoms with van der Waals surface area (Å²) >= 11 is 12.0. The predicted molar refractivity (Wildman–Crippen MR) is 112 cm³/mol. The molecule has 1 unspecified atom stereocenters. The number of nitrogens with one attached hydrogen (secondary N) is 2. The first-order valence-corrected chi connectivity index (χ1v) is 9.49. The van der Waals surface area contributed by atoms with Crippen molar-refractivity contribution in [3.8, 4) is 16.9 Å². The van der Waals surface area contributed by atoms with E-state index in [0.29, 0.717) is 21.6 Å². The summed E-state index contributed by atoms with van der Waals surface area (Å²) in [6.07, 6.45) is 1.58. The van der Waals surface area contributed by atoms with Crippen LogP contribution >= 0.6 is 23.2 Å². The zero-order chi connectivity index (χ0) is 20.5. The Bertz CT molecular complexity index is 1100. The van der Waals surface area contributed by atoms with Crippen molar-refractivity contribution in [2.75, 3.05) is 17.7 Å². The van der Waals surface area contributed by atoms with Gasteiger partial charge < -0.3 is 15.4 Å². The van der Waals surface area contributed by atoms with Gasteiger partial charge in [-0.2, -0.15) is 5.10 Å². The van der Waals surface area contributed by atoms with Gasteiger partial charge in [0.05, 0.1) is 30.4 Å². The number of hydrogen-bond donors (Lipinski definition) is 2. The molecule has 1 aliphatic heterocycles. The summed E-state index contributed by atoms with van der Waals surface area (Å²) in [5, 5.41) is 10.6. The normalized spacial score (nSPS) is 15.0. The van der Waals surface area contributed by atoms with Crippen LogP contribution in [0.2, 0.25) is 10.0 Å². The number of amides is 2. The van der Waals surface area contributed by atoms with Crippen LogP contribution in [-0.4, -0.2) is 28.7 Å². The van der Waals surface area contributed by atoms with Crippen LogP contribution in [0.4, 0.5) is 11.5 Å². The van der Waals surface area contributed by atoms with E-state index >= 15 is 0 Å². The largest absolute Gasteiger partial charge is 0.497 e. The lowest BCUT2D eigenvalue weighted by molar-refractivity contribution is -0.123. The van der Waals surface area contributed by atoms with Crippen LogP contribution in [0, 0.1) is 0 Å². The van der Waals surface area contributed by atoms with Gasteiger partial charge >= 0.3 is 0 Å². The van der Waals surface area contributed by atoms with Gasteiger partial charge in [0.15, 0.2) is 0 Å². The third-order valence-corrected chi connectivity index (χ3v) is 5.17. The van der Waals surface area contributed by atoms with Crippen LogP contribution in [0.5, 0.6) is 5.75 Å². The van der Waals surface area contributed by atoms with Crippen LogP contribution in [0.15, 0.2) is 48.7 Å². The third-order valence-electron chi connectivity index (χ3n) is 4.62. The maximum atomic E-state index is 12.5. The van der Waals surface area contributed by atoms with Gasteiger partial charge in [-0.05, 0) is 35.9 Å². The maximum absolute atomic E-state index is 12.5.